The third-order valence-corrected chi connectivity index (χ3v) is 3.26. The van der Waals surface area contributed by atoms with Crippen molar-refractivity contribution in [3.8, 4) is 0 Å². The van der Waals surface area contributed by atoms with Crippen LogP contribution in [0.15, 0.2) is 48.5 Å². The van der Waals surface area contributed by atoms with E-state index in [9.17, 15) is 13.6 Å². The summed E-state index contributed by atoms with van der Waals surface area (Å²) in [4.78, 5) is 13.5. The molecule has 2 amide bonds. The predicted molar refractivity (Wildman–Crippen MR) is 81.4 cm³/mol. The highest BCUT2D eigenvalue weighted by Crippen LogP contribution is 2.06. The zero-order chi connectivity index (χ0) is 15.9. The van der Waals surface area contributed by atoms with Crippen LogP contribution in [0.4, 0.5) is 13.6 Å². The summed E-state index contributed by atoms with van der Waals surface area (Å²) in [6, 6.07) is 12.1. The van der Waals surface area contributed by atoms with E-state index in [4.69, 9.17) is 0 Å². The van der Waals surface area contributed by atoms with E-state index in [1.807, 2.05) is 6.07 Å². The molecule has 0 saturated heterocycles. The maximum atomic E-state index is 13.0. The van der Waals surface area contributed by atoms with Crippen LogP contribution in [-0.2, 0) is 13.0 Å². The van der Waals surface area contributed by atoms with Gasteiger partial charge in [0.1, 0.15) is 11.6 Å². The number of urea groups is 1. The first kappa shape index (κ1) is 15.9. The molecule has 0 radical (unpaired) electrons. The van der Waals surface area contributed by atoms with Gasteiger partial charge in [-0.3, -0.25) is 0 Å². The number of rotatable bonds is 5. The van der Waals surface area contributed by atoms with E-state index in [1.54, 1.807) is 25.2 Å². The zero-order valence-corrected chi connectivity index (χ0v) is 12.4. The van der Waals surface area contributed by atoms with Gasteiger partial charge in [-0.15, -0.1) is 0 Å². The average Bonchev–Trinajstić information content (AvgIpc) is 2.49. The second kappa shape index (κ2) is 7.54. The third kappa shape index (κ3) is 4.84. The Morgan fingerprint density at radius 1 is 1.05 bits per heavy atom. The second-order valence-corrected chi connectivity index (χ2v) is 5.09. The minimum absolute atomic E-state index is 0.222. The van der Waals surface area contributed by atoms with Crippen LogP contribution >= 0.6 is 0 Å². The molecule has 2 aromatic rings. The van der Waals surface area contributed by atoms with Crippen LogP contribution in [0.2, 0.25) is 0 Å². The molecule has 116 valence electrons. The Hall–Kier alpha value is -2.43. The molecule has 2 aromatic carbocycles. The lowest BCUT2D eigenvalue weighted by atomic mass is 10.1. The Balaban J connectivity index is 1.77. The summed E-state index contributed by atoms with van der Waals surface area (Å²) in [5.74, 6) is -0.580. The minimum atomic E-state index is -0.300. The molecule has 0 aliphatic rings. The van der Waals surface area contributed by atoms with E-state index >= 15 is 0 Å². The van der Waals surface area contributed by atoms with Crippen molar-refractivity contribution in [3.05, 3.63) is 71.3 Å². The van der Waals surface area contributed by atoms with Crippen LogP contribution in [0.1, 0.15) is 11.1 Å². The van der Waals surface area contributed by atoms with Gasteiger partial charge in [0.25, 0.3) is 0 Å². The topological polar surface area (TPSA) is 32.3 Å². The number of carbonyl (C=O) groups is 1. The molecule has 0 aliphatic heterocycles. The van der Waals surface area contributed by atoms with E-state index in [2.05, 4.69) is 5.32 Å². The number of carbonyl (C=O) groups excluding carboxylic acids is 1. The molecule has 2 rings (SSSR count). The Morgan fingerprint density at radius 3 is 2.45 bits per heavy atom. The normalized spacial score (nSPS) is 10.3. The number of halogens is 2. The van der Waals surface area contributed by atoms with Gasteiger partial charge in [-0.1, -0.05) is 24.3 Å². The molecule has 1 N–H and O–H groups in total. The maximum Gasteiger partial charge on any atom is 0.317 e. The molecular formula is C17H18F2N2O. The van der Waals surface area contributed by atoms with Crippen molar-refractivity contribution < 1.29 is 13.6 Å². The summed E-state index contributed by atoms with van der Waals surface area (Å²) in [6.45, 7) is 0.822. The van der Waals surface area contributed by atoms with Crippen molar-refractivity contribution in [1.82, 2.24) is 10.2 Å². The first-order chi connectivity index (χ1) is 10.5. The quantitative estimate of drug-likeness (QED) is 0.902. The number of amides is 2. The molecule has 0 aliphatic carbocycles. The summed E-state index contributed by atoms with van der Waals surface area (Å²) < 4.78 is 25.8. The first-order valence-electron chi connectivity index (χ1n) is 7.02. The van der Waals surface area contributed by atoms with Gasteiger partial charge in [0, 0.05) is 20.1 Å². The second-order valence-electron chi connectivity index (χ2n) is 5.09. The highest BCUT2D eigenvalue weighted by molar-refractivity contribution is 5.73. The molecule has 5 heteroatoms. The van der Waals surface area contributed by atoms with Gasteiger partial charge in [0.15, 0.2) is 0 Å². The van der Waals surface area contributed by atoms with Crippen LogP contribution in [-0.4, -0.2) is 24.5 Å². The van der Waals surface area contributed by atoms with Crippen molar-refractivity contribution in [2.24, 2.45) is 0 Å². The Labute approximate surface area is 128 Å². The van der Waals surface area contributed by atoms with Crippen LogP contribution in [0.25, 0.3) is 0 Å². The summed E-state index contributed by atoms with van der Waals surface area (Å²) in [5, 5.41) is 2.77. The molecule has 0 spiro atoms. The summed E-state index contributed by atoms with van der Waals surface area (Å²) in [5.41, 5.74) is 1.69. The largest absolute Gasteiger partial charge is 0.338 e. The lowest BCUT2D eigenvalue weighted by Crippen LogP contribution is -2.37. The molecule has 3 nitrogen and oxygen atoms in total. The van der Waals surface area contributed by atoms with Gasteiger partial charge in [-0.05, 0) is 41.8 Å². The van der Waals surface area contributed by atoms with Crippen molar-refractivity contribution in [2.75, 3.05) is 13.6 Å². The molecular weight excluding hydrogens is 286 g/mol. The predicted octanol–water partition coefficient (Wildman–Crippen LogP) is 3.35. The van der Waals surface area contributed by atoms with Gasteiger partial charge < -0.3 is 10.2 Å². The number of nitrogens with one attached hydrogen (secondary N) is 1. The fraction of sp³-hybridized carbons (Fsp3) is 0.235. The first-order valence-corrected chi connectivity index (χ1v) is 7.02. The third-order valence-electron chi connectivity index (χ3n) is 3.26. The monoisotopic (exact) mass is 304 g/mol. The van der Waals surface area contributed by atoms with Crippen molar-refractivity contribution in [3.63, 3.8) is 0 Å². The molecule has 0 atom stereocenters. The van der Waals surface area contributed by atoms with E-state index in [0.717, 1.165) is 11.1 Å². The van der Waals surface area contributed by atoms with Crippen molar-refractivity contribution in [2.45, 2.75) is 13.0 Å². The number of hydrogen-bond donors (Lipinski definition) is 1. The molecule has 0 aromatic heterocycles. The smallest absolute Gasteiger partial charge is 0.317 e. The van der Waals surface area contributed by atoms with Crippen molar-refractivity contribution in [1.29, 1.82) is 0 Å². The Bertz CT molecular complexity index is 629. The van der Waals surface area contributed by atoms with E-state index in [0.29, 0.717) is 19.5 Å². The summed E-state index contributed by atoms with van der Waals surface area (Å²) >= 11 is 0. The molecule has 0 heterocycles. The van der Waals surface area contributed by atoms with Crippen LogP contribution in [0, 0.1) is 11.6 Å². The zero-order valence-electron chi connectivity index (χ0n) is 12.4. The highest BCUT2D eigenvalue weighted by Gasteiger charge is 2.08. The fourth-order valence-electron chi connectivity index (χ4n) is 2.08. The van der Waals surface area contributed by atoms with Gasteiger partial charge in [0.2, 0.25) is 0 Å². The SMILES string of the molecule is CN(Cc1ccc(F)cc1)C(=O)NCCc1cccc(F)c1. The van der Waals surface area contributed by atoms with Crippen molar-refractivity contribution >= 4 is 6.03 Å². The number of nitrogens with zero attached hydrogens (tertiary/aromatic N) is 1. The molecule has 0 unspecified atom stereocenters. The van der Waals surface area contributed by atoms with Crippen LogP contribution in [0.3, 0.4) is 0 Å². The Morgan fingerprint density at radius 2 is 1.77 bits per heavy atom. The van der Waals surface area contributed by atoms with Gasteiger partial charge in [-0.2, -0.15) is 0 Å². The van der Waals surface area contributed by atoms with E-state index < -0.39 is 0 Å². The van der Waals surface area contributed by atoms with Crippen LogP contribution < -0.4 is 5.32 Å². The van der Waals surface area contributed by atoms with Gasteiger partial charge in [-0.25, -0.2) is 13.6 Å². The molecule has 0 bridgehead atoms. The summed E-state index contributed by atoms with van der Waals surface area (Å²) in [7, 11) is 1.67. The van der Waals surface area contributed by atoms with Crippen LogP contribution in [0.5, 0.6) is 0 Å². The molecule has 22 heavy (non-hydrogen) atoms. The van der Waals surface area contributed by atoms with Gasteiger partial charge in [0.05, 0.1) is 0 Å². The number of benzene rings is 2. The van der Waals surface area contributed by atoms with E-state index in [-0.39, 0.29) is 17.7 Å². The standard InChI is InChI=1S/C17H18F2N2O/c1-21(12-14-5-7-15(18)8-6-14)17(22)20-10-9-13-3-2-4-16(19)11-13/h2-8,11H,9-10,12H2,1H3,(H,20,22). The van der Waals surface area contributed by atoms with Gasteiger partial charge >= 0.3 is 6.03 Å². The Kier molecular flexibility index (Phi) is 5.47. The molecule has 0 fully saturated rings. The fourth-order valence-corrected chi connectivity index (χ4v) is 2.08. The lowest BCUT2D eigenvalue weighted by Gasteiger charge is -2.18. The highest BCUT2D eigenvalue weighted by atomic mass is 19.1. The summed E-state index contributed by atoms with van der Waals surface area (Å²) in [6.07, 6.45) is 0.563. The maximum absolute atomic E-state index is 13.0. The van der Waals surface area contributed by atoms with E-state index in [1.165, 1.54) is 29.2 Å². The molecule has 0 saturated carbocycles. The minimum Gasteiger partial charge on any atom is -0.338 e. The average molecular weight is 304 g/mol. The lowest BCUT2D eigenvalue weighted by molar-refractivity contribution is 0.207. The number of hydrogen-bond acceptors (Lipinski definition) is 1.